The van der Waals surface area contributed by atoms with Crippen LogP contribution in [-0.2, 0) is 12.3 Å². The molecular weight excluding hydrogens is 344 g/mol. The van der Waals surface area contributed by atoms with Crippen LogP contribution in [0.5, 0.6) is 11.5 Å². The highest BCUT2D eigenvalue weighted by atomic mass is 32.2. The first-order valence-corrected chi connectivity index (χ1v) is 8.67. The van der Waals surface area contributed by atoms with Crippen LogP contribution in [0.25, 0.3) is 11.5 Å². The lowest BCUT2D eigenvalue weighted by Crippen LogP contribution is -2.04. The van der Waals surface area contributed by atoms with E-state index in [-0.39, 0.29) is 0 Å². The van der Waals surface area contributed by atoms with Crippen LogP contribution in [0.1, 0.15) is 19.2 Å². The minimum absolute atomic E-state index is 0.384. The minimum atomic E-state index is 0.384. The van der Waals surface area contributed by atoms with Crippen LogP contribution in [0.3, 0.4) is 0 Å². The second-order valence-corrected chi connectivity index (χ2v) is 5.97. The van der Waals surface area contributed by atoms with Crippen LogP contribution in [0.2, 0.25) is 0 Å². The number of rotatable bonds is 8. The molecule has 9 nitrogen and oxygen atoms in total. The lowest BCUT2D eigenvalue weighted by Gasteiger charge is -2.07. The quantitative estimate of drug-likeness (QED) is 0.559. The number of hydrogen-bond acceptors (Lipinski definition) is 9. The third kappa shape index (κ3) is 3.90. The monoisotopic (exact) mass is 362 g/mol. The van der Waals surface area contributed by atoms with Gasteiger partial charge in [0.05, 0.1) is 25.5 Å². The maximum Gasteiger partial charge on any atom is 0.277 e. The highest BCUT2D eigenvalue weighted by Gasteiger charge is 2.16. The van der Waals surface area contributed by atoms with Crippen LogP contribution in [0, 0.1) is 0 Å². The fourth-order valence-electron chi connectivity index (χ4n) is 2.19. The van der Waals surface area contributed by atoms with E-state index in [0.29, 0.717) is 33.9 Å². The number of nitrogens with zero attached hydrogens (tertiary/aromatic N) is 6. The lowest BCUT2D eigenvalue weighted by atomic mass is 10.2. The molecule has 0 fully saturated rings. The molecule has 2 heterocycles. The maximum absolute atomic E-state index is 5.73. The molecule has 0 amide bonds. The fourth-order valence-corrected chi connectivity index (χ4v) is 2.89. The van der Waals surface area contributed by atoms with Crippen molar-refractivity contribution >= 4 is 11.8 Å². The summed E-state index contributed by atoms with van der Waals surface area (Å²) in [5, 5.41) is 20.3. The maximum atomic E-state index is 5.73. The van der Waals surface area contributed by atoms with Gasteiger partial charge in [-0.1, -0.05) is 18.7 Å². The third-order valence-corrected chi connectivity index (χ3v) is 4.23. The molecule has 0 aliphatic heterocycles. The summed E-state index contributed by atoms with van der Waals surface area (Å²) >= 11 is 1.39. The Labute approximate surface area is 148 Å². The highest BCUT2D eigenvalue weighted by molar-refractivity contribution is 7.98. The Kier molecular flexibility index (Phi) is 5.49. The van der Waals surface area contributed by atoms with E-state index >= 15 is 0 Å². The first kappa shape index (κ1) is 17.2. The molecule has 0 N–H and O–H groups in total. The zero-order chi connectivity index (χ0) is 17.6. The van der Waals surface area contributed by atoms with Gasteiger partial charge < -0.3 is 13.9 Å². The van der Waals surface area contributed by atoms with Gasteiger partial charge in [-0.3, -0.25) is 0 Å². The Balaban J connectivity index is 1.73. The van der Waals surface area contributed by atoms with E-state index in [9.17, 15) is 0 Å². The summed E-state index contributed by atoms with van der Waals surface area (Å²) in [5.74, 6) is 3.00. The van der Waals surface area contributed by atoms with Gasteiger partial charge in [-0.05, 0) is 29.0 Å². The second-order valence-electron chi connectivity index (χ2n) is 5.05. The molecule has 10 heteroatoms. The van der Waals surface area contributed by atoms with Gasteiger partial charge in [0.1, 0.15) is 11.5 Å². The zero-order valence-electron chi connectivity index (χ0n) is 14.2. The Morgan fingerprint density at radius 1 is 1.16 bits per heavy atom. The molecule has 0 bridgehead atoms. The van der Waals surface area contributed by atoms with Crippen molar-refractivity contribution in [2.45, 2.75) is 30.9 Å². The van der Waals surface area contributed by atoms with E-state index in [2.05, 4.69) is 32.6 Å². The van der Waals surface area contributed by atoms with Gasteiger partial charge in [0.15, 0.2) is 5.82 Å². The number of thioether (sulfide) groups is 1. The van der Waals surface area contributed by atoms with Crippen LogP contribution in [-0.4, -0.2) is 44.6 Å². The number of hydrogen-bond donors (Lipinski definition) is 0. The van der Waals surface area contributed by atoms with Gasteiger partial charge >= 0.3 is 0 Å². The summed E-state index contributed by atoms with van der Waals surface area (Å²) in [7, 11) is 3.18. The van der Waals surface area contributed by atoms with Crippen molar-refractivity contribution in [3.63, 3.8) is 0 Å². The molecule has 0 aliphatic carbocycles. The molecule has 0 unspecified atom stereocenters. The van der Waals surface area contributed by atoms with Crippen molar-refractivity contribution in [2.75, 3.05) is 14.2 Å². The SMILES string of the molecule is CCCn1nnnc1CSc1nnc(-c2ccc(OC)cc2OC)o1. The average Bonchev–Trinajstić information content (AvgIpc) is 3.29. The van der Waals surface area contributed by atoms with Gasteiger partial charge in [0.25, 0.3) is 11.1 Å². The first-order chi connectivity index (χ1) is 12.2. The normalized spacial score (nSPS) is 10.8. The smallest absolute Gasteiger partial charge is 0.277 e. The molecule has 3 rings (SSSR count). The number of tetrazole rings is 1. The summed E-state index contributed by atoms with van der Waals surface area (Å²) in [6.45, 7) is 2.85. The second kappa shape index (κ2) is 7.97. The summed E-state index contributed by atoms with van der Waals surface area (Å²) in [6.07, 6.45) is 0.963. The van der Waals surface area contributed by atoms with Crippen molar-refractivity contribution in [2.24, 2.45) is 0 Å². The van der Waals surface area contributed by atoms with E-state index in [1.165, 1.54) is 11.8 Å². The largest absolute Gasteiger partial charge is 0.497 e. The van der Waals surface area contributed by atoms with Gasteiger partial charge in [0.2, 0.25) is 0 Å². The summed E-state index contributed by atoms with van der Waals surface area (Å²) in [4.78, 5) is 0. The zero-order valence-corrected chi connectivity index (χ0v) is 15.0. The van der Waals surface area contributed by atoms with Crippen molar-refractivity contribution in [3.05, 3.63) is 24.0 Å². The molecule has 0 saturated heterocycles. The van der Waals surface area contributed by atoms with Gasteiger partial charge in [-0.15, -0.1) is 15.3 Å². The van der Waals surface area contributed by atoms with Crippen LogP contribution < -0.4 is 9.47 Å². The molecule has 1 aromatic carbocycles. The predicted octanol–water partition coefficient (Wildman–Crippen LogP) is 2.44. The Bertz CT molecular complexity index is 834. The predicted molar refractivity (Wildman–Crippen MR) is 90.5 cm³/mol. The van der Waals surface area contributed by atoms with Crippen molar-refractivity contribution in [1.82, 2.24) is 30.4 Å². The molecule has 0 radical (unpaired) electrons. The summed E-state index contributed by atoms with van der Waals surface area (Å²) in [5.41, 5.74) is 0.707. The molecule has 0 saturated carbocycles. The fraction of sp³-hybridized carbons (Fsp3) is 0.400. The van der Waals surface area contributed by atoms with Crippen LogP contribution in [0.15, 0.2) is 27.8 Å². The molecule has 3 aromatic rings. The highest BCUT2D eigenvalue weighted by Crippen LogP contribution is 2.34. The standard InChI is InChI=1S/C15H18N6O3S/c1-4-7-21-13(16-19-20-21)9-25-15-18-17-14(24-15)11-6-5-10(22-2)8-12(11)23-3/h5-6,8H,4,7,9H2,1-3H3. The van der Waals surface area contributed by atoms with Gasteiger partial charge in [0, 0.05) is 12.6 Å². The molecule has 0 aliphatic rings. The van der Waals surface area contributed by atoms with Crippen molar-refractivity contribution in [1.29, 1.82) is 0 Å². The summed E-state index contributed by atoms with van der Waals surface area (Å²) < 4.78 is 18.1. The lowest BCUT2D eigenvalue weighted by molar-refractivity contribution is 0.393. The molecule has 0 spiro atoms. The first-order valence-electron chi connectivity index (χ1n) is 7.69. The molecule has 25 heavy (non-hydrogen) atoms. The van der Waals surface area contributed by atoms with E-state index in [0.717, 1.165) is 18.8 Å². The van der Waals surface area contributed by atoms with Crippen molar-refractivity contribution in [3.8, 4) is 23.0 Å². The number of aryl methyl sites for hydroxylation is 1. The topological polar surface area (TPSA) is 101 Å². The number of aromatic nitrogens is 6. The van der Waals surface area contributed by atoms with E-state index in [4.69, 9.17) is 13.9 Å². The molecule has 132 valence electrons. The van der Waals surface area contributed by atoms with Crippen LogP contribution >= 0.6 is 11.8 Å². The number of benzene rings is 1. The third-order valence-electron chi connectivity index (χ3n) is 3.41. The van der Waals surface area contributed by atoms with Gasteiger partial charge in [-0.2, -0.15) is 0 Å². The number of methoxy groups -OCH3 is 2. The minimum Gasteiger partial charge on any atom is -0.497 e. The number of ether oxygens (including phenoxy) is 2. The average molecular weight is 362 g/mol. The van der Waals surface area contributed by atoms with E-state index < -0.39 is 0 Å². The Hall–Kier alpha value is -2.62. The molecule has 0 atom stereocenters. The van der Waals surface area contributed by atoms with E-state index in [1.54, 1.807) is 25.0 Å². The van der Waals surface area contributed by atoms with Gasteiger partial charge in [-0.25, -0.2) is 4.68 Å². The molecule has 2 aromatic heterocycles. The summed E-state index contributed by atoms with van der Waals surface area (Å²) in [6, 6.07) is 5.40. The van der Waals surface area contributed by atoms with E-state index in [1.807, 2.05) is 12.1 Å². The Morgan fingerprint density at radius 3 is 2.80 bits per heavy atom. The molecular formula is C15H18N6O3S. The van der Waals surface area contributed by atoms with Crippen LogP contribution in [0.4, 0.5) is 0 Å². The van der Waals surface area contributed by atoms with Crippen molar-refractivity contribution < 1.29 is 13.9 Å². The Morgan fingerprint density at radius 2 is 2.04 bits per heavy atom.